The lowest BCUT2D eigenvalue weighted by Crippen LogP contribution is -2.50. The van der Waals surface area contributed by atoms with E-state index in [1.807, 2.05) is 0 Å². The molecule has 1 aromatic heterocycles. The van der Waals surface area contributed by atoms with Crippen molar-refractivity contribution >= 4 is 0 Å². The second-order valence-corrected chi connectivity index (χ2v) is 2.98. The zero-order valence-electron chi connectivity index (χ0n) is 7.28. The molecule has 0 radical (unpaired) electrons. The number of halogens is 2. The first kappa shape index (κ1) is 9.26. The normalized spacial score (nSPS) is 16.8. The summed E-state index contributed by atoms with van der Waals surface area (Å²) < 4.78 is 29.7. The Morgan fingerprint density at radius 1 is 1.43 bits per heavy atom. The molecule has 2 heterocycles. The van der Waals surface area contributed by atoms with Crippen molar-refractivity contribution in [2.45, 2.75) is 12.5 Å². The third-order valence-electron chi connectivity index (χ3n) is 1.89. The van der Waals surface area contributed by atoms with Crippen molar-refractivity contribution in [1.82, 2.24) is 15.3 Å². The van der Waals surface area contributed by atoms with Crippen LogP contribution in [0.15, 0.2) is 12.4 Å². The smallest absolute Gasteiger partial charge is 0.282 e. The maximum atomic E-state index is 12.2. The van der Waals surface area contributed by atoms with Gasteiger partial charge in [0.2, 0.25) is 5.88 Å². The Morgan fingerprint density at radius 2 is 2.21 bits per heavy atom. The molecule has 6 heteroatoms. The third kappa shape index (κ3) is 1.95. The molecule has 2 rings (SSSR count). The van der Waals surface area contributed by atoms with Gasteiger partial charge >= 0.3 is 0 Å². The lowest BCUT2D eigenvalue weighted by molar-refractivity contribution is 0.125. The van der Waals surface area contributed by atoms with Crippen LogP contribution in [0.5, 0.6) is 5.88 Å². The van der Waals surface area contributed by atoms with Crippen LogP contribution in [0, 0.1) is 0 Å². The average Bonchev–Trinajstić information content (AvgIpc) is 2.12. The van der Waals surface area contributed by atoms with Crippen molar-refractivity contribution in [3.05, 3.63) is 18.1 Å². The lowest BCUT2D eigenvalue weighted by atomic mass is 10.2. The van der Waals surface area contributed by atoms with Gasteiger partial charge in [-0.25, -0.2) is 13.8 Å². The average molecular weight is 201 g/mol. The SMILES string of the molecule is FC(F)c1cncc(OC2CNC2)n1. The molecule has 4 nitrogen and oxygen atoms in total. The molecular weight excluding hydrogens is 192 g/mol. The van der Waals surface area contributed by atoms with E-state index in [1.54, 1.807) is 0 Å². The third-order valence-corrected chi connectivity index (χ3v) is 1.89. The summed E-state index contributed by atoms with van der Waals surface area (Å²) in [4.78, 5) is 7.26. The molecule has 0 aromatic carbocycles. The monoisotopic (exact) mass is 201 g/mol. The first-order valence-electron chi connectivity index (χ1n) is 4.23. The van der Waals surface area contributed by atoms with E-state index in [-0.39, 0.29) is 17.7 Å². The maximum Gasteiger partial charge on any atom is 0.282 e. The number of nitrogens with zero attached hydrogens (tertiary/aromatic N) is 2. The van der Waals surface area contributed by atoms with Crippen LogP contribution in [0.25, 0.3) is 0 Å². The van der Waals surface area contributed by atoms with E-state index in [4.69, 9.17) is 4.74 Å². The van der Waals surface area contributed by atoms with Crippen molar-refractivity contribution in [3.63, 3.8) is 0 Å². The summed E-state index contributed by atoms with van der Waals surface area (Å²) >= 11 is 0. The summed E-state index contributed by atoms with van der Waals surface area (Å²) in [5, 5.41) is 3.00. The van der Waals surface area contributed by atoms with Gasteiger partial charge in [0.15, 0.2) is 0 Å². The molecule has 0 bridgehead atoms. The Morgan fingerprint density at radius 3 is 2.79 bits per heavy atom. The largest absolute Gasteiger partial charge is 0.471 e. The standard InChI is InChI=1S/C8H9F2N3O/c9-8(10)6-3-12-4-7(13-6)14-5-1-11-2-5/h3-5,8,11H,1-2H2. The molecule has 0 saturated carbocycles. The van der Waals surface area contributed by atoms with Crippen LogP contribution in [-0.2, 0) is 0 Å². The predicted molar refractivity (Wildman–Crippen MR) is 44.3 cm³/mol. The Labute approximate surface area is 79.3 Å². The van der Waals surface area contributed by atoms with Crippen LogP contribution in [-0.4, -0.2) is 29.2 Å². The van der Waals surface area contributed by atoms with Crippen molar-refractivity contribution in [2.75, 3.05) is 13.1 Å². The van der Waals surface area contributed by atoms with Crippen molar-refractivity contribution in [3.8, 4) is 5.88 Å². The molecule has 0 unspecified atom stereocenters. The second-order valence-electron chi connectivity index (χ2n) is 2.98. The number of hydrogen-bond donors (Lipinski definition) is 1. The van der Waals surface area contributed by atoms with E-state index in [1.165, 1.54) is 6.20 Å². The minimum Gasteiger partial charge on any atom is -0.471 e. The van der Waals surface area contributed by atoms with Gasteiger partial charge in [-0.1, -0.05) is 0 Å². The zero-order valence-corrected chi connectivity index (χ0v) is 7.28. The quantitative estimate of drug-likeness (QED) is 0.784. The molecule has 14 heavy (non-hydrogen) atoms. The summed E-state index contributed by atoms with van der Waals surface area (Å²) in [7, 11) is 0. The van der Waals surface area contributed by atoms with Crippen LogP contribution in [0.2, 0.25) is 0 Å². The van der Waals surface area contributed by atoms with E-state index >= 15 is 0 Å². The van der Waals surface area contributed by atoms with Crippen molar-refractivity contribution in [1.29, 1.82) is 0 Å². The van der Waals surface area contributed by atoms with Crippen molar-refractivity contribution < 1.29 is 13.5 Å². The maximum absolute atomic E-state index is 12.2. The highest BCUT2D eigenvalue weighted by atomic mass is 19.3. The van der Waals surface area contributed by atoms with Gasteiger partial charge in [0.05, 0.1) is 12.4 Å². The van der Waals surface area contributed by atoms with E-state index in [0.29, 0.717) is 0 Å². The molecule has 0 aliphatic carbocycles. The van der Waals surface area contributed by atoms with Gasteiger partial charge in [-0.05, 0) is 0 Å². The van der Waals surface area contributed by atoms with Gasteiger partial charge in [-0.3, -0.25) is 4.98 Å². The molecule has 0 atom stereocenters. The lowest BCUT2D eigenvalue weighted by Gasteiger charge is -2.27. The molecule has 76 valence electrons. The fourth-order valence-corrected chi connectivity index (χ4v) is 1.04. The Hall–Kier alpha value is -1.30. The molecule has 1 N–H and O–H groups in total. The minimum atomic E-state index is -2.61. The van der Waals surface area contributed by atoms with E-state index in [9.17, 15) is 8.78 Å². The Bertz CT molecular complexity index is 317. The number of nitrogens with one attached hydrogen (secondary N) is 1. The highest BCUT2D eigenvalue weighted by Gasteiger charge is 2.19. The van der Waals surface area contributed by atoms with Gasteiger partial charge in [0.1, 0.15) is 11.8 Å². The van der Waals surface area contributed by atoms with Crippen molar-refractivity contribution in [2.24, 2.45) is 0 Å². The Kier molecular flexibility index (Phi) is 2.53. The summed E-state index contributed by atoms with van der Waals surface area (Å²) in [6, 6.07) is 0. The minimum absolute atomic E-state index is 0.0252. The van der Waals surface area contributed by atoms with Crippen LogP contribution in [0.4, 0.5) is 8.78 Å². The molecule has 1 aliphatic rings. The fourth-order valence-electron chi connectivity index (χ4n) is 1.04. The first-order chi connectivity index (χ1) is 6.75. The highest BCUT2D eigenvalue weighted by Crippen LogP contribution is 2.18. The number of ether oxygens (including phenoxy) is 1. The van der Waals surface area contributed by atoms with Gasteiger partial charge in [-0.15, -0.1) is 0 Å². The number of hydrogen-bond acceptors (Lipinski definition) is 4. The number of rotatable bonds is 3. The molecule has 1 fully saturated rings. The van der Waals surface area contributed by atoms with Gasteiger partial charge in [0, 0.05) is 13.1 Å². The molecule has 0 amide bonds. The van der Waals surface area contributed by atoms with E-state index < -0.39 is 6.43 Å². The predicted octanol–water partition coefficient (Wildman–Crippen LogP) is 0.765. The number of alkyl halides is 2. The molecule has 1 saturated heterocycles. The van der Waals surface area contributed by atoms with Gasteiger partial charge in [0.25, 0.3) is 6.43 Å². The van der Waals surface area contributed by atoms with Crippen LogP contribution in [0.3, 0.4) is 0 Å². The topological polar surface area (TPSA) is 47.0 Å². The van der Waals surface area contributed by atoms with Gasteiger partial charge in [-0.2, -0.15) is 0 Å². The summed E-state index contributed by atoms with van der Waals surface area (Å²) in [6.07, 6.45) is -0.205. The zero-order chi connectivity index (χ0) is 9.97. The van der Waals surface area contributed by atoms with E-state index in [2.05, 4.69) is 15.3 Å². The molecule has 1 aromatic rings. The molecular formula is C8H9F2N3O. The van der Waals surface area contributed by atoms with Crippen LogP contribution >= 0.6 is 0 Å². The van der Waals surface area contributed by atoms with Gasteiger partial charge < -0.3 is 10.1 Å². The highest BCUT2D eigenvalue weighted by molar-refractivity contribution is 5.10. The second kappa shape index (κ2) is 3.83. The summed E-state index contributed by atoms with van der Waals surface area (Å²) in [5.41, 5.74) is -0.352. The van der Waals surface area contributed by atoms with Crippen LogP contribution in [0.1, 0.15) is 12.1 Å². The molecule has 0 spiro atoms. The van der Waals surface area contributed by atoms with E-state index in [0.717, 1.165) is 19.3 Å². The van der Waals surface area contributed by atoms with Crippen LogP contribution < -0.4 is 10.1 Å². The molecule has 1 aliphatic heterocycles. The fraction of sp³-hybridized carbons (Fsp3) is 0.500. The summed E-state index contributed by atoms with van der Waals surface area (Å²) in [5.74, 6) is 0.161. The number of aromatic nitrogens is 2. The first-order valence-corrected chi connectivity index (χ1v) is 4.23. The summed E-state index contributed by atoms with van der Waals surface area (Å²) in [6.45, 7) is 1.45. The Balaban J connectivity index is 2.05.